The molecule has 3 heterocycles. The van der Waals surface area contributed by atoms with Gasteiger partial charge < -0.3 is 15.2 Å². The lowest BCUT2D eigenvalue weighted by molar-refractivity contribution is 0.228. The Morgan fingerprint density at radius 2 is 2.17 bits per heavy atom. The van der Waals surface area contributed by atoms with Crippen LogP contribution in [0, 0.1) is 0 Å². The van der Waals surface area contributed by atoms with Crippen LogP contribution >= 0.6 is 0 Å². The Bertz CT molecular complexity index is 382. The molecule has 2 aliphatic rings. The number of imidazole rings is 1. The third-order valence-corrected chi connectivity index (χ3v) is 4.06. The van der Waals surface area contributed by atoms with Crippen molar-refractivity contribution in [1.29, 1.82) is 0 Å². The van der Waals surface area contributed by atoms with Crippen molar-refractivity contribution in [3.8, 4) is 0 Å². The highest BCUT2D eigenvalue weighted by molar-refractivity contribution is 5.10. The van der Waals surface area contributed by atoms with E-state index in [1.165, 1.54) is 18.7 Å². The Kier molecular flexibility index (Phi) is 3.63. The van der Waals surface area contributed by atoms with Crippen molar-refractivity contribution < 1.29 is 0 Å². The molecule has 5 nitrogen and oxygen atoms in total. The molecule has 3 rings (SSSR count). The van der Waals surface area contributed by atoms with E-state index >= 15 is 0 Å². The van der Waals surface area contributed by atoms with Gasteiger partial charge in [-0.05, 0) is 20.0 Å². The molecule has 2 N–H and O–H groups in total. The molecule has 0 radical (unpaired) electrons. The first-order chi connectivity index (χ1) is 8.81. The Balaban J connectivity index is 1.59. The van der Waals surface area contributed by atoms with E-state index in [1.807, 2.05) is 6.20 Å². The van der Waals surface area contributed by atoms with Crippen LogP contribution in [0.15, 0.2) is 6.20 Å². The zero-order valence-corrected chi connectivity index (χ0v) is 11.2. The van der Waals surface area contributed by atoms with Crippen LogP contribution in [0.2, 0.25) is 0 Å². The van der Waals surface area contributed by atoms with Gasteiger partial charge in [-0.3, -0.25) is 4.90 Å². The molecule has 2 fully saturated rings. The number of rotatable bonds is 3. The molecule has 2 saturated heterocycles. The third-order valence-electron chi connectivity index (χ3n) is 4.06. The number of hydrogen-bond donors (Lipinski definition) is 2. The maximum absolute atomic E-state index is 4.54. The molecule has 0 aliphatic carbocycles. The van der Waals surface area contributed by atoms with Crippen LogP contribution in [0.3, 0.4) is 0 Å². The molecule has 0 spiro atoms. The Morgan fingerprint density at radius 1 is 1.33 bits per heavy atom. The number of hydrogen-bond acceptors (Lipinski definition) is 4. The first-order valence-corrected chi connectivity index (χ1v) is 6.96. The minimum Gasteiger partial charge on any atom is -0.345 e. The van der Waals surface area contributed by atoms with Crippen molar-refractivity contribution in [2.24, 2.45) is 0 Å². The van der Waals surface area contributed by atoms with Gasteiger partial charge in [0.15, 0.2) is 0 Å². The van der Waals surface area contributed by atoms with Crippen molar-refractivity contribution in [2.45, 2.75) is 18.9 Å². The van der Waals surface area contributed by atoms with Gasteiger partial charge in [-0.2, -0.15) is 0 Å². The molecule has 100 valence electrons. The number of likely N-dealkylation sites (N-methyl/N-ethyl adjacent to an activating group) is 1. The molecule has 2 aliphatic heterocycles. The van der Waals surface area contributed by atoms with Crippen LogP contribution in [0.1, 0.15) is 23.9 Å². The molecular weight excluding hydrogens is 226 g/mol. The number of piperazine rings is 1. The predicted octanol–water partition coefficient (Wildman–Crippen LogP) is 0.234. The van der Waals surface area contributed by atoms with Gasteiger partial charge in [-0.25, -0.2) is 4.98 Å². The van der Waals surface area contributed by atoms with Crippen LogP contribution in [0.5, 0.6) is 0 Å². The smallest absolute Gasteiger partial charge is 0.120 e. The normalized spacial score (nSPS) is 26.8. The average molecular weight is 249 g/mol. The first-order valence-electron chi connectivity index (χ1n) is 6.96. The average Bonchev–Trinajstić information content (AvgIpc) is 2.99. The van der Waals surface area contributed by atoms with Crippen molar-refractivity contribution in [1.82, 2.24) is 25.1 Å². The summed E-state index contributed by atoms with van der Waals surface area (Å²) in [5, 5.41) is 3.38. The summed E-state index contributed by atoms with van der Waals surface area (Å²) >= 11 is 0. The quantitative estimate of drug-likeness (QED) is 0.805. The Morgan fingerprint density at radius 3 is 2.89 bits per heavy atom. The number of nitrogens with zero attached hydrogens (tertiary/aromatic N) is 3. The molecule has 1 aromatic heterocycles. The van der Waals surface area contributed by atoms with Crippen molar-refractivity contribution in [3.63, 3.8) is 0 Å². The van der Waals surface area contributed by atoms with Crippen LogP contribution in [0.25, 0.3) is 0 Å². The fraction of sp³-hybridized carbons (Fsp3) is 0.769. The van der Waals surface area contributed by atoms with E-state index in [0.717, 1.165) is 45.1 Å². The molecule has 1 atom stereocenters. The highest BCUT2D eigenvalue weighted by Gasteiger charge is 2.23. The van der Waals surface area contributed by atoms with Gasteiger partial charge in [-0.1, -0.05) is 0 Å². The zero-order valence-electron chi connectivity index (χ0n) is 11.2. The van der Waals surface area contributed by atoms with E-state index < -0.39 is 0 Å². The van der Waals surface area contributed by atoms with Gasteiger partial charge in [0.2, 0.25) is 0 Å². The van der Waals surface area contributed by atoms with E-state index in [4.69, 9.17) is 0 Å². The monoisotopic (exact) mass is 249 g/mol. The molecule has 1 aromatic rings. The Labute approximate surface area is 109 Å². The summed E-state index contributed by atoms with van der Waals surface area (Å²) in [5.74, 6) is 1.78. The fourth-order valence-electron chi connectivity index (χ4n) is 2.94. The molecule has 0 bridgehead atoms. The van der Waals surface area contributed by atoms with Crippen molar-refractivity contribution >= 4 is 0 Å². The van der Waals surface area contributed by atoms with E-state index in [0.29, 0.717) is 5.92 Å². The summed E-state index contributed by atoms with van der Waals surface area (Å²) in [6.45, 7) is 7.78. The lowest BCUT2D eigenvalue weighted by Gasteiger charge is -2.26. The second-order valence-electron chi connectivity index (χ2n) is 5.56. The van der Waals surface area contributed by atoms with Gasteiger partial charge in [0.05, 0.1) is 6.54 Å². The number of likely N-dealkylation sites (tertiary alicyclic amines) is 1. The number of aromatic nitrogens is 2. The maximum atomic E-state index is 4.54. The van der Waals surface area contributed by atoms with Crippen LogP contribution < -0.4 is 5.32 Å². The van der Waals surface area contributed by atoms with Gasteiger partial charge in [0.25, 0.3) is 0 Å². The minimum atomic E-state index is 0.652. The van der Waals surface area contributed by atoms with Crippen LogP contribution in [-0.2, 0) is 6.54 Å². The fourth-order valence-corrected chi connectivity index (χ4v) is 2.94. The van der Waals surface area contributed by atoms with Crippen molar-refractivity contribution in [3.05, 3.63) is 17.7 Å². The largest absolute Gasteiger partial charge is 0.345 e. The zero-order chi connectivity index (χ0) is 12.4. The van der Waals surface area contributed by atoms with E-state index in [2.05, 4.69) is 32.1 Å². The highest BCUT2D eigenvalue weighted by atomic mass is 15.2. The van der Waals surface area contributed by atoms with E-state index in [-0.39, 0.29) is 0 Å². The number of H-pyrrole nitrogens is 1. The molecule has 5 heteroatoms. The molecular formula is C13H23N5. The summed E-state index contributed by atoms with van der Waals surface area (Å²) in [7, 11) is 2.19. The first kappa shape index (κ1) is 12.1. The predicted molar refractivity (Wildman–Crippen MR) is 71.6 cm³/mol. The van der Waals surface area contributed by atoms with Gasteiger partial charge in [0.1, 0.15) is 5.82 Å². The van der Waals surface area contributed by atoms with Crippen molar-refractivity contribution in [2.75, 3.05) is 46.3 Å². The lowest BCUT2D eigenvalue weighted by Crippen LogP contribution is -2.43. The summed E-state index contributed by atoms with van der Waals surface area (Å²) in [6.07, 6.45) is 3.30. The molecule has 0 saturated carbocycles. The standard InChI is InChI=1S/C13H23N5/c1-17-5-2-11(9-17)12-8-15-13(16-12)10-18-6-3-14-4-7-18/h8,11,14H,2-7,9-10H2,1H3,(H,15,16). The minimum absolute atomic E-state index is 0.652. The number of nitrogens with one attached hydrogen (secondary N) is 2. The third kappa shape index (κ3) is 2.74. The van der Waals surface area contributed by atoms with Crippen LogP contribution in [0.4, 0.5) is 0 Å². The molecule has 0 aromatic carbocycles. The molecule has 18 heavy (non-hydrogen) atoms. The highest BCUT2D eigenvalue weighted by Crippen LogP contribution is 2.24. The summed E-state index contributed by atoms with van der Waals surface area (Å²) < 4.78 is 0. The van der Waals surface area contributed by atoms with Gasteiger partial charge in [-0.15, -0.1) is 0 Å². The van der Waals surface area contributed by atoms with Crippen LogP contribution in [-0.4, -0.2) is 66.1 Å². The Hall–Kier alpha value is -0.910. The maximum Gasteiger partial charge on any atom is 0.120 e. The molecule has 1 unspecified atom stereocenters. The van der Waals surface area contributed by atoms with Gasteiger partial charge in [0, 0.05) is 50.5 Å². The summed E-state index contributed by atoms with van der Waals surface area (Å²) in [6, 6.07) is 0. The SMILES string of the molecule is CN1CCC(c2cnc(CN3CCNCC3)[nH]2)C1. The van der Waals surface area contributed by atoms with E-state index in [9.17, 15) is 0 Å². The second-order valence-corrected chi connectivity index (χ2v) is 5.56. The lowest BCUT2D eigenvalue weighted by atomic mass is 10.1. The summed E-state index contributed by atoms with van der Waals surface area (Å²) in [4.78, 5) is 12.9. The summed E-state index contributed by atoms with van der Waals surface area (Å²) in [5.41, 5.74) is 1.32. The van der Waals surface area contributed by atoms with E-state index in [1.54, 1.807) is 0 Å². The number of aromatic amines is 1. The second kappa shape index (κ2) is 5.38. The topological polar surface area (TPSA) is 47.2 Å². The molecule has 0 amide bonds. The van der Waals surface area contributed by atoms with Gasteiger partial charge >= 0.3 is 0 Å².